The number of hydrogen-bond acceptors (Lipinski definition) is 5. The maximum Gasteiger partial charge on any atom is 0.231 e. The number of nitrogens with zero attached hydrogens (tertiary/aromatic N) is 2. The molecule has 1 N–H and O–H groups in total. The third-order valence-electron chi connectivity index (χ3n) is 2.90. The van der Waals surface area contributed by atoms with Gasteiger partial charge in [0.15, 0.2) is 0 Å². The van der Waals surface area contributed by atoms with Gasteiger partial charge in [-0.05, 0) is 29.1 Å². The van der Waals surface area contributed by atoms with E-state index in [1.165, 1.54) is 11.3 Å². The van der Waals surface area contributed by atoms with Crippen LogP contribution in [0.5, 0.6) is 0 Å². The number of carbonyl (C=O) groups excluding carboxylic acids is 1. The van der Waals surface area contributed by atoms with Crippen molar-refractivity contribution < 1.29 is 4.79 Å². The van der Waals surface area contributed by atoms with E-state index >= 15 is 0 Å². The zero-order valence-corrected chi connectivity index (χ0v) is 13.8. The summed E-state index contributed by atoms with van der Waals surface area (Å²) >= 11 is 8.82. The topological polar surface area (TPSA) is 54.9 Å². The van der Waals surface area contributed by atoms with Crippen molar-refractivity contribution in [2.45, 2.75) is 12.8 Å². The first-order chi connectivity index (χ1) is 10.7. The standard InChI is InChI=1S/C15H12ClN3OS2/c16-11-5-3-10(4-6-11)8-14-18-19-15(22-14)17-13(20)9-12-2-1-7-21-12/h1-7H,8-9H2,(H,17,19,20). The average molecular weight is 350 g/mol. The Balaban J connectivity index is 1.58. The van der Waals surface area contributed by atoms with Crippen LogP contribution in [0.15, 0.2) is 41.8 Å². The highest BCUT2D eigenvalue weighted by Gasteiger charge is 2.10. The van der Waals surface area contributed by atoms with E-state index < -0.39 is 0 Å². The number of aromatic nitrogens is 2. The Morgan fingerprint density at radius 3 is 2.73 bits per heavy atom. The first-order valence-electron chi connectivity index (χ1n) is 6.58. The van der Waals surface area contributed by atoms with Gasteiger partial charge < -0.3 is 5.32 Å². The molecule has 0 aliphatic carbocycles. The molecule has 0 atom stereocenters. The predicted octanol–water partition coefficient (Wildman–Crippen LogP) is 4.03. The molecular formula is C15H12ClN3OS2. The fourth-order valence-corrected chi connectivity index (χ4v) is 3.51. The van der Waals surface area contributed by atoms with Gasteiger partial charge in [0, 0.05) is 16.3 Å². The fraction of sp³-hybridized carbons (Fsp3) is 0.133. The third kappa shape index (κ3) is 4.13. The highest BCUT2D eigenvalue weighted by Crippen LogP contribution is 2.20. The molecule has 0 aliphatic rings. The Hall–Kier alpha value is -1.76. The highest BCUT2D eigenvalue weighted by atomic mass is 35.5. The van der Waals surface area contributed by atoms with E-state index in [1.54, 1.807) is 11.3 Å². The number of thiophene rings is 1. The average Bonchev–Trinajstić information content (AvgIpc) is 3.14. The zero-order valence-electron chi connectivity index (χ0n) is 11.5. The summed E-state index contributed by atoms with van der Waals surface area (Å²) < 4.78 is 0. The summed E-state index contributed by atoms with van der Waals surface area (Å²) in [5.74, 6) is -0.0726. The van der Waals surface area contributed by atoms with Gasteiger partial charge in [0.1, 0.15) is 5.01 Å². The van der Waals surface area contributed by atoms with Crippen molar-refractivity contribution in [2.75, 3.05) is 5.32 Å². The summed E-state index contributed by atoms with van der Waals surface area (Å²) in [5, 5.41) is 15.0. The van der Waals surface area contributed by atoms with Crippen LogP contribution in [0.3, 0.4) is 0 Å². The number of carbonyl (C=O) groups is 1. The highest BCUT2D eigenvalue weighted by molar-refractivity contribution is 7.15. The number of amides is 1. The second-order valence-electron chi connectivity index (χ2n) is 4.61. The van der Waals surface area contributed by atoms with Crippen LogP contribution >= 0.6 is 34.3 Å². The van der Waals surface area contributed by atoms with Gasteiger partial charge in [-0.15, -0.1) is 21.5 Å². The Bertz CT molecular complexity index is 753. The fourth-order valence-electron chi connectivity index (χ4n) is 1.89. The molecular weight excluding hydrogens is 338 g/mol. The van der Waals surface area contributed by atoms with Gasteiger partial charge >= 0.3 is 0 Å². The summed E-state index contributed by atoms with van der Waals surface area (Å²) in [6, 6.07) is 11.5. The molecule has 0 unspecified atom stereocenters. The van der Waals surface area contributed by atoms with E-state index in [-0.39, 0.29) is 5.91 Å². The number of nitrogens with one attached hydrogen (secondary N) is 1. The van der Waals surface area contributed by atoms with Gasteiger partial charge in [0.05, 0.1) is 6.42 Å². The molecule has 0 saturated heterocycles. The van der Waals surface area contributed by atoms with Crippen molar-refractivity contribution in [3.8, 4) is 0 Å². The molecule has 0 radical (unpaired) electrons. The van der Waals surface area contributed by atoms with Crippen molar-refractivity contribution in [3.05, 3.63) is 62.2 Å². The van der Waals surface area contributed by atoms with Gasteiger partial charge in [0.25, 0.3) is 0 Å². The van der Waals surface area contributed by atoms with Crippen molar-refractivity contribution in [3.63, 3.8) is 0 Å². The van der Waals surface area contributed by atoms with Crippen LogP contribution in [-0.2, 0) is 17.6 Å². The molecule has 0 spiro atoms. The molecule has 22 heavy (non-hydrogen) atoms. The minimum atomic E-state index is -0.0726. The van der Waals surface area contributed by atoms with E-state index in [2.05, 4.69) is 15.5 Å². The number of benzene rings is 1. The Labute approximate surface area is 140 Å². The van der Waals surface area contributed by atoms with Crippen LogP contribution in [0, 0.1) is 0 Å². The van der Waals surface area contributed by atoms with E-state index in [0.29, 0.717) is 23.0 Å². The number of hydrogen-bond donors (Lipinski definition) is 1. The quantitative estimate of drug-likeness (QED) is 0.756. The molecule has 4 nitrogen and oxygen atoms in total. The lowest BCUT2D eigenvalue weighted by molar-refractivity contribution is -0.115. The van der Waals surface area contributed by atoms with Crippen LogP contribution in [0.25, 0.3) is 0 Å². The summed E-state index contributed by atoms with van der Waals surface area (Å²) in [7, 11) is 0. The lowest BCUT2D eigenvalue weighted by Crippen LogP contribution is -2.13. The molecule has 112 valence electrons. The van der Waals surface area contributed by atoms with Crippen molar-refractivity contribution in [1.29, 1.82) is 0 Å². The van der Waals surface area contributed by atoms with Crippen LogP contribution in [0.1, 0.15) is 15.4 Å². The lowest BCUT2D eigenvalue weighted by atomic mass is 10.2. The van der Waals surface area contributed by atoms with Gasteiger partial charge in [-0.3, -0.25) is 4.79 Å². The van der Waals surface area contributed by atoms with Crippen LogP contribution in [0.4, 0.5) is 5.13 Å². The Kier molecular flexibility index (Phi) is 4.82. The van der Waals surface area contributed by atoms with E-state index in [9.17, 15) is 4.79 Å². The first kappa shape index (κ1) is 15.1. The smallest absolute Gasteiger partial charge is 0.231 e. The summed E-state index contributed by atoms with van der Waals surface area (Å²) in [5.41, 5.74) is 1.11. The van der Waals surface area contributed by atoms with Crippen molar-refractivity contribution in [1.82, 2.24) is 10.2 Å². The molecule has 0 fully saturated rings. The van der Waals surface area contributed by atoms with Crippen LogP contribution in [-0.4, -0.2) is 16.1 Å². The Morgan fingerprint density at radius 2 is 2.00 bits per heavy atom. The number of halogens is 1. The minimum absolute atomic E-state index is 0.0726. The molecule has 1 amide bonds. The summed E-state index contributed by atoms with van der Waals surface area (Å²) in [4.78, 5) is 12.9. The molecule has 3 aromatic rings. The maximum atomic E-state index is 11.9. The molecule has 0 saturated carbocycles. The SMILES string of the molecule is O=C(Cc1cccs1)Nc1nnc(Cc2ccc(Cl)cc2)s1. The maximum absolute atomic E-state index is 11.9. The van der Waals surface area contributed by atoms with Gasteiger partial charge in [-0.2, -0.15) is 0 Å². The normalized spacial score (nSPS) is 10.6. The zero-order chi connectivity index (χ0) is 15.4. The number of anilines is 1. The monoisotopic (exact) mass is 349 g/mol. The van der Waals surface area contributed by atoms with E-state index in [0.717, 1.165) is 15.4 Å². The third-order valence-corrected chi connectivity index (χ3v) is 4.86. The number of rotatable bonds is 5. The predicted molar refractivity (Wildman–Crippen MR) is 90.8 cm³/mol. The molecule has 7 heteroatoms. The molecule has 0 aliphatic heterocycles. The Morgan fingerprint density at radius 1 is 1.18 bits per heavy atom. The van der Waals surface area contributed by atoms with Crippen LogP contribution in [0.2, 0.25) is 5.02 Å². The van der Waals surface area contributed by atoms with E-state index in [4.69, 9.17) is 11.6 Å². The molecule has 3 rings (SSSR count). The van der Waals surface area contributed by atoms with Gasteiger partial charge in [-0.1, -0.05) is 41.1 Å². The molecule has 2 aromatic heterocycles. The van der Waals surface area contributed by atoms with E-state index in [1.807, 2.05) is 41.8 Å². The van der Waals surface area contributed by atoms with Gasteiger partial charge in [-0.25, -0.2) is 0 Å². The first-order valence-corrected chi connectivity index (χ1v) is 8.65. The molecule has 2 heterocycles. The van der Waals surface area contributed by atoms with Gasteiger partial charge in [0.2, 0.25) is 11.0 Å². The van der Waals surface area contributed by atoms with Crippen molar-refractivity contribution in [2.24, 2.45) is 0 Å². The summed E-state index contributed by atoms with van der Waals surface area (Å²) in [6.07, 6.45) is 1.04. The summed E-state index contributed by atoms with van der Waals surface area (Å²) in [6.45, 7) is 0. The molecule has 1 aromatic carbocycles. The lowest BCUT2D eigenvalue weighted by Gasteiger charge is -1.98. The second kappa shape index (κ2) is 7.00. The van der Waals surface area contributed by atoms with Crippen molar-refractivity contribution >= 4 is 45.3 Å². The largest absolute Gasteiger partial charge is 0.300 e. The second-order valence-corrected chi connectivity index (χ2v) is 7.14. The minimum Gasteiger partial charge on any atom is -0.300 e. The van der Waals surface area contributed by atoms with Crippen LogP contribution < -0.4 is 5.32 Å². The molecule has 0 bridgehead atoms.